The first-order chi connectivity index (χ1) is 13.0. The molecule has 0 atom stereocenters. The van der Waals surface area contributed by atoms with Crippen molar-refractivity contribution in [2.45, 2.75) is 13.8 Å². The van der Waals surface area contributed by atoms with E-state index < -0.39 is 0 Å². The first-order valence-corrected chi connectivity index (χ1v) is 8.73. The van der Waals surface area contributed by atoms with Crippen molar-refractivity contribution in [2.24, 2.45) is 0 Å². The van der Waals surface area contributed by atoms with Gasteiger partial charge in [0.05, 0.1) is 12.8 Å². The topological polar surface area (TPSA) is 40.5 Å². The van der Waals surface area contributed by atoms with Crippen LogP contribution in [0.25, 0.3) is 16.8 Å². The Morgan fingerprint density at radius 3 is 2.37 bits per heavy atom. The molecule has 0 aliphatic carbocycles. The second-order valence-electron chi connectivity index (χ2n) is 6.57. The fraction of sp³-hybridized carbons (Fsp3) is 0.174. The smallest absolute Gasteiger partial charge is 0.255 e. The molecule has 2 aromatic carbocycles. The number of benzene rings is 2. The summed E-state index contributed by atoms with van der Waals surface area (Å²) in [6.07, 6.45) is 1.78. The summed E-state index contributed by atoms with van der Waals surface area (Å²) in [6, 6.07) is 17.1. The predicted octanol–water partition coefficient (Wildman–Crippen LogP) is 4.78. The minimum atomic E-state index is -0.106. The summed E-state index contributed by atoms with van der Waals surface area (Å²) < 4.78 is 12.7. The molecule has 0 N–H and O–H groups in total. The summed E-state index contributed by atoms with van der Waals surface area (Å²) in [5.41, 5.74) is 4.63. The van der Waals surface area contributed by atoms with Crippen molar-refractivity contribution in [2.75, 3.05) is 13.7 Å². The fourth-order valence-corrected chi connectivity index (χ4v) is 2.74. The number of hydrogen-bond acceptors (Lipinski definition) is 3. The van der Waals surface area contributed by atoms with E-state index in [0.29, 0.717) is 18.1 Å². The summed E-state index contributed by atoms with van der Waals surface area (Å²) >= 11 is 0. The van der Waals surface area contributed by atoms with Gasteiger partial charge in [0, 0.05) is 18.3 Å². The molecule has 3 rings (SSSR count). The van der Waals surface area contributed by atoms with Gasteiger partial charge in [0.2, 0.25) is 0 Å². The Labute approximate surface area is 159 Å². The lowest BCUT2D eigenvalue weighted by molar-refractivity contribution is 0.319. The summed E-state index contributed by atoms with van der Waals surface area (Å²) in [6.45, 7) is 8.19. The average Bonchev–Trinajstić information content (AvgIpc) is 2.66. The molecule has 3 aromatic rings. The number of aryl methyl sites for hydroxylation is 1. The van der Waals surface area contributed by atoms with Crippen LogP contribution in [0.1, 0.15) is 12.5 Å². The number of methoxy groups -OCH3 is 1. The summed E-state index contributed by atoms with van der Waals surface area (Å²) in [4.78, 5) is 12.7. The third-order valence-corrected chi connectivity index (χ3v) is 4.20. The van der Waals surface area contributed by atoms with Crippen LogP contribution in [-0.4, -0.2) is 18.3 Å². The monoisotopic (exact) mass is 361 g/mol. The first kappa shape index (κ1) is 18.5. The van der Waals surface area contributed by atoms with Crippen LogP contribution in [0, 0.1) is 6.92 Å². The van der Waals surface area contributed by atoms with Gasteiger partial charge in [-0.2, -0.15) is 0 Å². The zero-order chi connectivity index (χ0) is 19.4. The highest BCUT2D eigenvalue weighted by Crippen LogP contribution is 2.29. The molecule has 0 amide bonds. The molecule has 0 radical (unpaired) electrons. The molecule has 27 heavy (non-hydrogen) atoms. The number of hydrogen-bond donors (Lipinski definition) is 0. The minimum Gasteiger partial charge on any atom is -0.493 e. The lowest BCUT2D eigenvalue weighted by Crippen LogP contribution is -2.16. The Morgan fingerprint density at radius 2 is 1.74 bits per heavy atom. The van der Waals surface area contributed by atoms with E-state index >= 15 is 0 Å². The molecular formula is C23H23NO3. The van der Waals surface area contributed by atoms with E-state index in [0.717, 1.165) is 22.4 Å². The molecule has 4 heteroatoms. The van der Waals surface area contributed by atoms with E-state index in [2.05, 4.69) is 6.58 Å². The van der Waals surface area contributed by atoms with Gasteiger partial charge in [-0.15, -0.1) is 0 Å². The van der Waals surface area contributed by atoms with Gasteiger partial charge < -0.3 is 9.47 Å². The minimum absolute atomic E-state index is 0.106. The summed E-state index contributed by atoms with van der Waals surface area (Å²) in [5.74, 6) is 1.19. The normalized spacial score (nSPS) is 10.5. The van der Waals surface area contributed by atoms with Gasteiger partial charge in [-0.05, 0) is 48.7 Å². The predicted molar refractivity (Wildman–Crippen MR) is 109 cm³/mol. The molecule has 0 saturated carbocycles. The number of pyridine rings is 1. The SMILES string of the molecule is C=C(C)COc1ccc(-n2ccc(-c3ccc(C)cc3)cc2=O)cc1OC. The van der Waals surface area contributed by atoms with Gasteiger partial charge >= 0.3 is 0 Å². The van der Waals surface area contributed by atoms with Crippen LogP contribution in [0.15, 0.2) is 77.7 Å². The van der Waals surface area contributed by atoms with Crippen LogP contribution in [0.2, 0.25) is 0 Å². The fourth-order valence-electron chi connectivity index (χ4n) is 2.74. The van der Waals surface area contributed by atoms with E-state index in [1.165, 1.54) is 5.56 Å². The van der Waals surface area contributed by atoms with Crippen LogP contribution in [-0.2, 0) is 0 Å². The van der Waals surface area contributed by atoms with E-state index in [9.17, 15) is 4.79 Å². The van der Waals surface area contributed by atoms with Crippen molar-refractivity contribution >= 4 is 0 Å². The molecule has 0 saturated heterocycles. The van der Waals surface area contributed by atoms with Crippen molar-refractivity contribution in [3.63, 3.8) is 0 Å². The Morgan fingerprint density at radius 1 is 1.00 bits per heavy atom. The van der Waals surface area contributed by atoms with Crippen LogP contribution in [0.5, 0.6) is 11.5 Å². The molecule has 0 spiro atoms. The van der Waals surface area contributed by atoms with E-state index in [4.69, 9.17) is 9.47 Å². The Hall–Kier alpha value is -3.27. The maximum atomic E-state index is 12.7. The van der Waals surface area contributed by atoms with E-state index in [-0.39, 0.29) is 5.56 Å². The van der Waals surface area contributed by atoms with Crippen molar-refractivity contribution in [1.82, 2.24) is 4.57 Å². The molecule has 0 aliphatic rings. The highest BCUT2D eigenvalue weighted by Gasteiger charge is 2.09. The Bertz CT molecular complexity index is 1020. The number of ether oxygens (including phenoxy) is 2. The van der Waals surface area contributed by atoms with Gasteiger partial charge in [0.25, 0.3) is 5.56 Å². The van der Waals surface area contributed by atoms with Gasteiger partial charge in [0.1, 0.15) is 6.61 Å². The number of aromatic nitrogens is 1. The van der Waals surface area contributed by atoms with Crippen LogP contribution < -0.4 is 15.0 Å². The van der Waals surface area contributed by atoms with Gasteiger partial charge in [-0.1, -0.05) is 36.4 Å². The van der Waals surface area contributed by atoms with E-state index in [1.54, 1.807) is 36.1 Å². The Kier molecular flexibility index (Phi) is 5.46. The highest BCUT2D eigenvalue weighted by molar-refractivity contribution is 5.63. The second kappa shape index (κ2) is 7.96. The summed E-state index contributed by atoms with van der Waals surface area (Å²) in [5, 5.41) is 0. The zero-order valence-electron chi connectivity index (χ0n) is 15.9. The molecule has 1 aromatic heterocycles. The quantitative estimate of drug-likeness (QED) is 0.594. The number of nitrogens with zero attached hydrogens (tertiary/aromatic N) is 1. The third-order valence-electron chi connectivity index (χ3n) is 4.20. The average molecular weight is 361 g/mol. The van der Waals surface area contributed by atoms with E-state index in [1.807, 2.05) is 50.2 Å². The Balaban J connectivity index is 1.93. The molecule has 0 aliphatic heterocycles. The van der Waals surface area contributed by atoms with Crippen molar-refractivity contribution in [3.05, 3.63) is 88.9 Å². The van der Waals surface area contributed by atoms with Gasteiger partial charge in [0.15, 0.2) is 11.5 Å². The van der Waals surface area contributed by atoms with Gasteiger partial charge in [-0.25, -0.2) is 0 Å². The molecule has 138 valence electrons. The second-order valence-corrected chi connectivity index (χ2v) is 6.57. The van der Waals surface area contributed by atoms with Crippen LogP contribution in [0.4, 0.5) is 0 Å². The molecule has 4 nitrogen and oxygen atoms in total. The molecule has 0 fully saturated rings. The van der Waals surface area contributed by atoms with Crippen LogP contribution in [0.3, 0.4) is 0 Å². The highest BCUT2D eigenvalue weighted by atomic mass is 16.5. The molecule has 1 heterocycles. The van der Waals surface area contributed by atoms with Crippen molar-refractivity contribution in [3.8, 4) is 28.3 Å². The van der Waals surface area contributed by atoms with Crippen LogP contribution >= 0.6 is 0 Å². The largest absolute Gasteiger partial charge is 0.493 e. The zero-order valence-corrected chi connectivity index (χ0v) is 15.9. The lowest BCUT2D eigenvalue weighted by Gasteiger charge is -2.13. The van der Waals surface area contributed by atoms with Gasteiger partial charge in [-0.3, -0.25) is 9.36 Å². The maximum absolute atomic E-state index is 12.7. The third kappa shape index (κ3) is 4.29. The number of rotatable bonds is 6. The molecule has 0 bridgehead atoms. The molecule has 0 unspecified atom stereocenters. The maximum Gasteiger partial charge on any atom is 0.255 e. The standard InChI is InChI=1S/C23H23NO3/c1-16(2)15-27-21-10-9-20(14-22(21)26-4)24-12-11-19(13-23(24)25)18-7-5-17(3)6-8-18/h5-14H,1,15H2,2-4H3. The lowest BCUT2D eigenvalue weighted by atomic mass is 10.1. The van der Waals surface area contributed by atoms with Crippen molar-refractivity contribution in [1.29, 1.82) is 0 Å². The molecular weight excluding hydrogens is 338 g/mol. The first-order valence-electron chi connectivity index (χ1n) is 8.73. The summed E-state index contributed by atoms with van der Waals surface area (Å²) in [7, 11) is 1.58. The van der Waals surface area contributed by atoms with Crippen molar-refractivity contribution < 1.29 is 9.47 Å².